The van der Waals surface area contributed by atoms with Crippen molar-refractivity contribution in [1.82, 2.24) is 0 Å². The third-order valence-corrected chi connectivity index (χ3v) is 13.6. The average Bonchev–Trinajstić information content (AvgIpc) is 2.31. The normalized spacial score (nSPS) is 10.7. The third-order valence-electron chi connectivity index (χ3n) is 2.94. The summed E-state index contributed by atoms with van der Waals surface area (Å²) in [6.45, 7) is 7.60. The van der Waals surface area contributed by atoms with E-state index in [2.05, 4.69) is 20.8 Å². The average molecular weight is 369 g/mol. The fourth-order valence-electron chi connectivity index (χ4n) is 1.86. The second kappa shape index (κ2) is 13.6. The van der Waals surface area contributed by atoms with Crippen LogP contribution in [0.15, 0.2) is 0 Å². The van der Waals surface area contributed by atoms with Gasteiger partial charge in [0.15, 0.2) is 0 Å². The molecule has 0 aromatic heterocycles. The summed E-state index contributed by atoms with van der Waals surface area (Å²) in [6, 6.07) is 0. The molecule has 0 atom stereocenters. The fraction of sp³-hybridized carbons (Fsp3) is 0.929. The fourth-order valence-corrected chi connectivity index (χ4v) is 12.4. The number of halogens is 1. The molecule has 0 aliphatic carbocycles. The van der Waals surface area contributed by atoms with Gasteiger partial charge in [0.05, 0.1) is 0 Å². The van der Waals surface area contributed by atoms with E-state index >= 15 is 0 Å². The maximum atomic E-state index is 14.6. The number of rotatable bonds is 9. The molecule has 110 valence electrons. The van der Waals surface area contributed by atoms with E-state index in [1.165, 1.54) is 19.3 Å². The first-order valence-electron chi connectivity index (χ1n) is 7.30. The minimum absolute atomic E-state index is 0.833. The number of carboxylic acid groups (broad SMARTS) is 1. The molecule has 0 spiro atoms. The first-order valence-corrected chi connectivity index (χ1v) is 14.4. The zero-order chi connectivity index (χ0) is 14.4. The van der Waals surface area contributed by atoms with Crippen molar-refractivity contribution < 1.29 is 12.8 Å². The van der Waals surface area contributed by atoms with Gasteiger partial charge in [-0.3, -0.25) is 4.79 Å². The van der Waals surface area contributed by atoms with Crippen LogP contribution in [0.25, 0.3) is 0 Å². The minimum atomic E-state index is -3.06. The first-order chi connectivity index (χ1) is 8.41. The van der Waals surface area contributed by atoms with Crippen LogP contribution in [0.4, 0.5) is 2.87 Å². The Labute approximate surface area is 117 Å². The number of carboxylic acids is 1. The van der Waals surface area contributed by atoms with E-state index < -0.39 is 24.9 Å². The Balaban J connectivity index is 0. The molecule has 0 heterocycles. The van der Waals surface area contributed by atoms with E-state index in [0.29, 0.717) is 0 Å². The van der Waals surface area contributed by atoms with E-state index in [9.17, 15) is 2.87 Å². The van der Waals surface area contributed by atoms with Gasteiger partial charge in [-0.25, -0.2) is 0 Å². The first kappa shape index (κ1) is 20.5. The van der Waals surface area contributed by atoms with Gasteiger partial charge in [-0.2, -0.15) is 0 Å². The van der Waals surface area contributed by atoms with Crippen molar-refractivity contribution in [3.63, 3.8) is 0 Å². The summed E-state index contributed by atoms with van der Waals surface area (Å²) in [5.41, 5.74) is 0. The molecule has 0 unspecified atom stereocenters. The van der Waals surface area contributed by atoms with Crippen LogP contribution in [0.5, 0.6) is 0 Å². The predicted octanol–water partition coefficient (Wildman–Crippen LogP) is 5.39. The van der Waals surface area contributed by atoms with Crippen LogP contribution in [0, 0.1) is 0 Å². The summed E-state index contributed by atoms with van der Waals surface area (Å²) in [4.78, 5) is 9.00. The third kappa shape index (κ3) is 16.2. The molecule has 0 amide bonds. The van der Waals surface area contributed by atoms with E-state index in [1.807, 2.05) is 0 Å². The predicted molar refractivity (Wildman–Crippen MR) is 79.3 cm³/mol. The second-order valence-electron chi connectivity index (χ2n) is 4.98. The van der Waals surface area contributed by atoms with E-state index in [4.69, 9.17) is 9.90 Å². The molecular weight excluding hydrogens is 338 g/mol. The molecule has 2 nitrogen and oxygen atoms in total. The Morgan fingerprint density at radius 3 is 1.33 bits per heavy atom. The number of hydrogen-bond donors (Lipinski definition) is 1. The zero-order valence-electron chi connectivity index (χ0n) is 12.6. The van der Waals surface area contributed by atoms with Gasteiger partial charge in [0, 0.05) is 6.92 Å². The monoisotopic (exact) mass is 370 g/mol. The van der Waals surface area contributed by atoms with Gasteiger partial charge in [0.25, 0.3) is 5.97 Å². The molecule has 0 aromatic rings. The molecule has 0 radical (unpaired) electrons. The molecule has 0 aliphatic heterocycles. The topological polar surface area (TPSA) is 37.3 Å². The van der Waals surface area contributed by atoms with Gasteiger partial charge in [-0.1, -0.05) is 0 Å². The van der Waals surface area contributed by atoms with Gasteiger partial charge in [0.1, 0.15) is 0 Å². The molecule has 18 heavy (non-hydrogen) atoms. The van der Waals surface area contributed by atoms with Crippen LogP contribution < -0.4 is 0 Å². The van der Waals surface area contributed by atoms with Gasteiger partial charge in [-0.15, -0.1) is 0 Å². The molecule has 0 rings (SSSR count). The summed E-state index contributed by atoms with van der Waals surface area (Å²) in [5.74, 6) is -0.833. The van der Waals surface area contributed by atoms with Crippen molar-refractivity contribution in [3.8, 4) is 0 Å². The van der Waals surface area contributed by atoms with Crippen LogP contribution in [-0.4, -0.2) is 30.0 Å². The Morgan fingerprint density at radius 1 is 0.944 bits per heavy atom. The summed E-state index contributed by atoms with van der Waals surface area (Å²) < 4.78 is 17.5. The quantitative estimate of drug-likeness (QED) is 0.553. The van der Waals surface area contributed by atoms with Crippen LogP contribution in [0.2, 0.25) is 13.3 Å². The summed E-state index contributed by atoms with van der Waals surface area (Å²) in [5, 5.41) is 7.42. The number of aliphatic carboxylic acids is 1. The van der Waals surface area contributed by atoms with Crippen LogP contribution >= 0.6 is 0 Å². The molecule has 0 aliphatic rings. The summed E-state index contributed by atoms with van der Waals surface area (Å²) >= 11 is -3.06. The van der Waals surface area contributed by atoms with Crippen molar-refractivity contribution in [2.45, 2.75) is 79.5 Å². The molecule has 1 N–H and O–H groups in total. The van der Waals surface area contributed by atoms with Gasteiger partial charge in [-0.05, 0) is 0 Å². The Hall–Kier alpha value is 0.199. The maximum absolute atomic E-state index is 14.6. The zero-order valence-corrected chi connectivity index (χ0v) is 15.5. The van der Waals surface area contributed by atoms with Gasteiger partial charge in [0.2, 0.25) is 0 Å². The van der Waals surface area contributed by atoms with E-state index in [-0.39, 0.29) is 0 Å². The molecule has 0 fully saturated rings. The number of carbonyl (C=O) groups is 1. The van der Waals surface area contributed by atoms with E-state index in [0.717, 1.165) is 39.5 Å². The number of hydrogen-bond acceptors (Lipinski definition) is 1. The van der Waals surface area contributed by atoms with Crippen LogP contribution in [0.1, 0.15) is 66.2 Å². The van der Waals surface area contributed by atoms with Crippen molar-refractivity contribution in [2.24, 2.45) is 0 Å². The standard InChI is InChI=1S/3C4H9.C2H4O2.FH.Sn/c3*1-3-4-2;1-2(3)4;;/h3*1,3-4H2,2H3;1H3,(H,3,4);1H;/q;;;;;+1/p-1. The molecular formula is C14H31FO2Sn. The van der Waals surface area contributed by atoms with E-state index in [1.54, 1.807) is 0 Å². The Kier molecular flexibility index (Phi) is 15.5. The molecule has 0 saturated heterocycles. The number of unbranched alkanes of at least 4 members (excludes halogenated alkanes) is 3. The summed E-state index contributed by atoms with van der Waals surface area (Å²) in [7, 11) is 0. The van der Waals surface area contributed by atoms with Gasteiger partial charge < -0.3 is 5.11 Å². The molecule has 0 bridgehead atoms. The van der Waals surface area contributed by atoms with Gasteiger partial charge >= 0.3 is 94.4 Å². The SMILES string of the molecule is CC(=O)O.CCC[CH2][Sn]([F])([CH2]CCC)[CH2]CCC. The van der Waals surface area contributed by atoms with Crippen molar-refractivity contribution in [2.75, 3.05) is 0 Å². The molecule has 0 aromatic carbocycles. The summed E-state index contributed by atoms with van der Waals surface area (Å²) in [6.07, 6.45) is 6.92. The Morgan fingerprint density at radius 2 is 1.17 bits per heavy atom. The van der Waals surface area contributed by atoms with Crippen LogP contribution in [0.3, 0.4) is 0 Å². The molecule has 0 saturated carbocycles. The molecule has 4 heteroatoms. The van der Waals surface area contributed by atoms with Crippen molar-refractivity contribution >= 4 is 24.9 Å². The Bertz CT molecular complexity index is 172. The second-order valence-corrected chi connectivity index (χ2v) is 15.8. The van der Waals surface area contributed by atoms with Crippen molar-refractivity contribution in [1.29, 1.82) is 0 Å². The van der Waals surface area contributed by atoms with Crippen molar-refractivity contribution in [3.05, 3.63) is 0 Å². The van der Waals surface area contributed by atoms with Crippen LogP contribution in [-0.2, 0) is 4.79 Å².